The van der Waals surface area contributed by atoms with Crippen LogP contribution in [-0.4, -0.2) is 92.7 Å². The molecular formula is C43H52N8O6. The lowest BCUT2D eigenvalue weighted by Crippen LogP contribution is -2.51. The van der Waals surface area contributed by atoms with E-state index in [9.17, 15) is 19.2 Å². The molecule has 7 rings (SSSR count). The minimum Gasteiger partial charge on any atom is -0.453 e. The molecule has 2 saturated heterocycles. The number of aryl methyl sites for hydroxylation is 1. The van der Waals surface area contributed by atoms with E-state index < -0.39 is 24.3 Å². The number of aromatic amines is 1. The van der Waals surface area contributed by atoms with Crippen LogP contribution in [0.15, 0.2) is 60.7 Å². The Labute approximate surface area is 332 Å². The van der Waals surface area contributed by atoms with E-state index in [2.05, 4.69) is 74.8 Å². The molecule has 0 aliphatic carbocycles. The number of aromatic nitrogens is 4. The Balaban J connectivity index is 1.08. The van der Waals surface area contributed by atoms with Gasteiger partial charge in [-0.1, -0.05) is 64.1 Å². The molecule has 0 spiro atoms. The van der Waals surface area contributed by atoms with Crippen molar-refractivity contribution in [1.29, 1.82) is 0 Å². The standard InChI is InChI=1S/C43H52N8O6/c1-24(2)36(47-42(54)56-6)40(52)50-20-8-10-34(50)38-44-30-18-16-28(22-31(30)45-38)26-12-14-27(15-13-26)29-17-19-33-32(23-29)46-39(49(33)5)35-11-9-21-51(35)41(53)37(25(3)4)48-43(55)57-7/h12-19,22-25,34-37H,8-11,20-21H2,1-7H3,(H,44,45)(H,47,54)(H,48,55)/t34-,35-,36-,37-/m0/s1. The lowest BCUT2D eigenvalue weighted by Gasteiger charge is -2.30. The van der Waals surface area contributed by atoms with E-state index in [0.717, 1.165) is 81.7 Å². The Morgan fingerprint density at radius 2 is 1.19 bits per heavy atom. The fourth-order valence-corrected chi connectivity index (χ4v) is 8.29. The van der Waals surface area contributed by atoms with Crippen molar-refractivity contribution in [2.75, 3.05) is 27.3 Å². The number of likely N-dealkylation sites (tertiary alicyclic amines) is 2. The van der Waals surface area contributed by atoms with Crippen LogP contribution in [0.25, 0.3) is 44.3 Å². The minimum atomic E-state index is -0.692. The summed E-state index contributed by atoms with van der Waals surface area (Å²) in [5.74, 6) is 1.07. The van der Waals surface area contributed by atoms with Crippen LogP contribution in [0.4, 0.5) is 9.59 Å². The van der Waals surface area contributed by atoms with Gasteiger partial charge in [-0.25, -0.2) is 19.6 Å². The van der Waals surface area contributed by atoms with Gasteiger partial charge in [-0.05, 0) is 84.0 Å². The highest BCUT2D eigenvalue weighted by atomic mass is 16.5. The van der Waals surface area contributed by atoms with Crippen molar-refractivity contribution in [3.05, 3.63) is 72.3 Å². The second kappa shape index (κ2) is 16.3. The average molecular weight is 777 g/mol. The van der Waals surface area contributed by atoms with E-state index in [1.54, 1.807) is 0 Å². The third-order valence-corrected chi connectivity index (χ3v) is 11.4. The Kier molecular flexibility index (Phi) is 11.2. The monoisotopic (exact) mass is 776 g/mol. The highest BCUT2D eigenvalue weighted by Gasteiger charge is 2.39. The summed E-state index contributed by atoms with van der Waals surface area (Å²) in [6, 6.07) is 19.0. The number of amides is 4. The van der Waals surface area contributed by atoms with Crippen molar-refractivity contribution >= 4 is 46.1 Å². The zero-order chi connectivity index (χ0) is 40.5. The predicted octanol–water partition coefficient (Wildman–Crippen LogP) is 6.87. The van der Waals surface area contributed by atoms with E-state index in [0.29, 0.717) is 13.1 Å². The molecule has 4 atom stereocenters. The summed E-state index contributed by atoms with van der Waals surface area (Å²) in [6.07, 6.45) is 2.03. The molecule has 2 aliphatic rings. The smallest absolute Gasteiger partial charge is 0.407 e. The third kappa shape index (κ3) is 7.77. The molecule has 0 bridgehead atoms. The number of carbonyl (C=O) groups is 4. The maximum absolute atomic E-state index is 13.7. The number of benzene rings is 3. The summed E-state index contributed by atoms with van der Waals surface area (Å²) < 4.78 is 11.6. The maximum Gasteiger partial charge on any atom is 0.407 e. The Morgan fingerprint density at radius 3 is 1.75 bits per heavy atom. The molecule has 57 heavy (non-hydrogen) atoms. The highest BCUT2D eigenvalue weighted by Crippen LogP contribution is 2.36. The van der Waals surface area contributed by atoms with Gasteiger partial charge in [0.05, 0.1) is 48.4 Å². The molecule has 2 aliphatic heterocycles. The summed E-state index contributed by atoms with van der Waals surface area (Å²) in [7, 11) is 4.58. The Hall–Kier alpha value is -5.92. The van der Waals surface area contributed by atoms with Crippen molar-refractivity contribution < 1.29 is 28.7 Å². The van der Waals surface area contributed by atoms with Gasteiger partial charge in [-0.2, -0.15) is 0 Å². The minimum absolute atomic E-state index is 0.108. The zero-order valence-corrected chi connectivity index (χ0v) is 33.7. The van der Waals surface area contributed by atoms with Crippen LogP contribution in [0.1, 0.15) is 77.1 Å². The molecule has 14 heteroatoms. The molecule has 2 aromatic heterocycles. The van der Waals surface area contributed by atoms with E-state index in [4.69, 9.17) is 19.4 Å². The number of hydrogen-bond donors (Lipinski definition) is 3. The number of rotatable bonds is 10. The highest BCUT2D eigenvalue weighted by molar-refractivity contribution is 5.88. The second-order valence-corrected chi connectivity index (χ2v) is 15.8. The number of ether oxygens (including phenoxy) is 2. The first kappa shape index (κ1) is 39.3. The number of alkyl carbamates (subject to hydrolysis) is 2. The fraction of sp³-hybridized carbons (Fsp3) is 0.442. The van der Waals surface area contributed by atoms with Crippen LogP contribution in [-0.2, 0) is 26.1 Å². The molecule has 300 valence electrons. The van der Waals surface area contributed by atoms with E-state index >= 15 is 0 Å². The number of H-pyrrole nitrogens is 1. The molecule has 5 aromatic rings. The lowest BCUT2D eigenvalue weighted by molar-refractivity contribution is -0.136. The largest absolute Gasteiger partial charge is 0.453 e. The van der Waals surface area contributed by atoms with Gasteiger partial charge in [-0.15, -0.1) is 0 Å². The fourth-order valence-electron chi connectivity index (χ4n) is 8.29. The zero-order valence-electron chi connectivity index (χ0n) is 33.7. The summed E-state index contributed by atoms with van der Waals surface area (Å²) in [4.78, 5) is 68.5. The number of nitrogens with zero attached hydrogens (tertiary/aromatic N) is 5. The first-order chi connectivity index (χ1) is 27.4. The van der Waals surface area contributed by atoms with Gasteiger partial charge in [0, 0.05) is 20.1 Å². The van der Waals surface area contributed by atoms with Crippen molar-refractivity contribution in [3.63, 3.8) is 0 Å². The first-order valence-corrected chi connectivity index (χ1v) is 19.7. The summed E-state index contributed by atoms with van der Waals surface area (Å²) in [5, 5.41) is 5.43. The number of nitrogens with one attached hydrogen (secondary N) is 3. The third-order valence-electron chi connectivity index (χ3n) is 11.4. The Morgan fingerprint density at radius 1 is 0.684 bits per heavy atom. The molecule has 3 aromatic carbocycles. The van der Waals surface area contributed by atoms with Gasteiger partial charge in [0.25, 0.3) is 0 Å². The number of methoxy groups -OCH3 is 2. The number of hydrogen-bond acceptors (Lipinski definition) is 8. The molecule has 0 unspecified atom stereocenters. The summed E-state index contributed by atoms with van der Waals surface area (Å²) in [6.45, 7) is 8.82. The average Bonchev–Trinajstić information content (AvgIpc) is 4.03. The SMILES string of the molecule is COC(=O)N[C@H](C(=O)N1CCC[C@H]1c1nc2ccc(-c3ccc(-c4ccc5c(c4)nc([C@@H]4CCCN4C(=O)[C@@H](NC(=O)OC)C(C)C)n5C)cc3)cc2[nH]1)C(C)C. The van der Waals surface area contributed by atoms with Gasteiger partial charge in [0.2, 0.25) is 11.8 Å². The van der Waals surface area contributed by atoms with Crippen molar-refractivity contribution in [2.24, 2.45) is 18.9 Å². The number of carbonyl (C=O) groups excluding carboxylic acids is 4. The van der Waals surface area contributed by atoms with Crippen molar-refractivity contribution in [2.45, 2.75) is 77.5 Å². The topological polar surface area (TPSA) is 164 Å². The van der Waals surface area contributed by atoms with E-state index in [1.807, 2.05) is 50.6 Å². The molecule has 3 N–H and O–H groups in total. The first-order valence-electron chi connectivity index (χ1n) is 19.7. The number of fused-ring (bicyclic) bond motifs is 2. The van der Waals surface area contributed by atoms with Crippen molar-refractivity contribution in [3.8, 4) is 22.3 Å². The summed E-state index contributed by atoms with van der Waals surface area (Å²) in [5.41, 5.74) is 7.71. The van der Waals surface area contributed by atoms with Crippen LogP contribution in [0, 0.1) is 11.8 Å². The van der Waals surface area contributed by atoms with E-state index in [-0.39, 0.29) is 35.7 Å². The molecule has 4 heterocycles. The van der Waals surface area contributed by atoms with Gasteiger partial charge in [0.1, 0.15) is 23.7 Å². The van der Waals surface area contributed by atoms with Crippen molar-refractivity contribution in [1.82, 2.24) is 40.0 Å². The predicted molar refractivity (Wildman–Crippen MR) is 217 cm³/mol. The maximum atomic E-state index is 13.7. The second-order valence-electron chi connectivity index (χ2n) is 15.8. The summed E-state index contributed by atoms with van der Waals surface area (Å²) >= 11 is 0. The molecule has 2 fully saturated rings. The molecule has 0 radical (unpaired) electrons. The van der Waals surface area contributed by atoms with Crippen LogP contribution in [0.5, 0.6) is 0 Å². The van der Waals surface area contributed by atoms with Gasteiger partial charge in [-0.3, -0.25) is 9.59 Å². The lowest BCUT2D eigenvalue weighted by atomic mass is 10.00. The molecule has 4 amide bonds. The normalized spacial score (nSPS) is 18.1. The molecule has 0 saturated carbocycles. The Bertz CT molecular complexity index is 2300. The molecular weight excluding hydrogens is 725 g/mol. The van der Waals surface area contributed by atoms with Crippen LogP contribution >= 0.6 is 0 Å². The van der Waals surface area contributed by atoms with Crippen LogP contribution in [0.2, 0.25) is 0 Å². The van der Waals surface area contributed by atoms with Crippen LogP contribution < -0.4 is 10.6 Å². The van der Waals surface area contributed by atoms with E-state index in [1.165, 1.54) is 14.2 Å². The van der Waals surface area contributed by atoms with Gasteiger partial charge < -0.3 is 39.5 Å². The van der Waals surface area contributed by atoms with Gasteiger partial charge >= 0.3 is 12.2 Å². The molecule has 14 nitrogen and oxygen atoms in total. The number of imidazole rings is 2. The quantitative estimate of drug-likeness (QED) is 0.138. The van der Waals surface area contributed by atoms with Gasteiger partial charge in [0.15, 0.2) is 0 Å². The van der Waals surface area contributed by atoms with Crippen LogP contribution in [0.3, 0.4) is 0 Å².